The Balaban J connectivity index is 0.995. The molecule has 0 unspecified atom stereocenters. The fraction of sp³-hybridized carbons (Fsp3) is 0.375. The van der Waals surface area contributed by atoms with Crippen LogP contribution in [-0.4, -0.2) is 55.0 Å². The third-order valence-electron chi connectivity index (χ3n) is 13.6. The van der Waals surface area contributed by atoms with Gasteiger partial charge in [-0.05, 0) is 154 Å². The van der Waals surface area contributed by atoms with Gasteiger partial charge in [0, 0.05) is 46.0 Å². The predicted octanol–water partition coefficient (Wildman–Crippen LogP) is 11.2. The highest BCUT2D eigenvalue weighted by molar-refractivity contribution is 7.26. The second-order valence-corrected chi connectivity index (χ2v) is 22.7. The fourth-order valence-electron chi connectivity index (χ4n) is 7.55. The number of thiophene rings is 3. The normalized spacial score (nSPS) is 20.8. The van der Waals surface area contributed by atoms with Gasteiger partial charge in [-0.15, -0.1) is 34.0 Å². The standard InChI is InChI=1S/C48H54B3NO6S3/c1-43(2)44(3,4)54-49(53-43)40-28-25-37(59-40)31-13-19-34(20-14-31)52(35-21-15-32(16-22-35)38-26-29-41(60-38)50-55-45(5,6)46(7,8)56-50)36-23-17-33(18-24-36)39-27-30-42(61-39)51-57-47(9,10)48(11,12)58-51/h13-30H,1-12H3. The summed E-state index contributed by atoms with van der Waals surface area (Å²) in [4.78, 5) is 5.82. The van der Waals surface area contributed by atoms with E-state index in [2.05, 4.69) is 197 Å². The van der Waals surface area contributed by atoms with Gasteiger partial charge in [0.05, 0.1) is 33.6 Å². The van der Waals surface area contributed by atoms with Gasteiger partial charge < -0.3 is 32.8 Å². The highest BCUT2D eigenvalue weighted by Gasteiger charge is 2.54. The molecule has 0 N–H and O–H groups in total. The average Bonchev–Trinajstić information content (AvgIpc) is 4.05. The van der Waals surface area contributed by atoms with E-state index in [4.69, 9.17) is 27.9 Å². The molecule has 3 aliphatic heterocycles. The lowest BCUT2D eigenvalue weighted by Gasteiger charge is -2.32. The van der Waals surface area contributed by atoms with E-state index < -0.39 is 0 Å². The van der Waals surface area contributed by atoms with E-state index in [0.717, 1.165) is 48.1 Å². The first-order valence-corrected chi connectivity index (χ1v) is 23.5. The highest BCUT2D eigenvalue weighted by Crippen LogP contribution is 2.42. The molecule has 3 aromatic carbocycles. The molecule has 3 saturated heterocycles. The Morgan fingerprint density at radius 2 is 0.525 bits per heavy atom. The van der Waals surface area contributed by atoms with Crippen LogP contribution >= 0.6 is 34.0 Å². The average molecular weight is 870 g/mol. The predicted molar refractivity (Wildman–Crippen MR) is 258 cm³/mol. The summed E-state index contributed by atoms with van der Waals surface area (Å²) in [6, 6.07) is 39.4. The molecule has 0 atom stereocenters. The van der Waals surface area contributed by atoms with Crippen molar-refractivity contribution < 1.29 is 27.9 Å². The minimum absolute atomic E-state index is 0.377. The molecule has 3 fully saturated rings. The van der Waals surface area contributed by atoms with Crippen LogP contribution in [0.1, 0.15) is 83.1 Å². The largest absolute Gasteiger partial charge is 0.505 e. The summed E-state index contributed by atoms with van der Waals surface area (Å²) in [6.07, 6.45) is 0. The second kappa shape index (κ2) is 15.1. The smallest absolute Gasteiger partial charge is 0.399 e. The first-order valence-electron chi connectivity index (χ1n) is 21.1. The summed E-state index contributed by atoms with van der Waals surface area (Å²) >= 11 is 5.15. The molecule has 0 spiro atoms. The molecule has 3 aromatic heterocycles. The summed E-state index contributed by atoms with van der Waals surface area (Å²) in [5.41, 5.74) is 4.32. The van der Waals surface area contributed by atoms with Crippen LogP contribution in [0, 0.1) is 0 Å². The molecule has 3 aliphatic rings. The van der Waals surface area contributed by atoms with Gasteiger partial charge in [0.25, 0.3) is 0 Å². The lowest BCUT2D eigenvalue weighted by molar-refractivity contribution is 0.00578. The SMILES string of the molecule is CC1(C)OB(c2ccc(-c3ccc(N(c4ccc(-c5ccc(B6OC(C)(C)C(C)(C)O6)s5)cc4)c4ccc(-c5ccc(B6OC(C)(C)C(C)(C)O6)s5)cc4)cc3)s2)OC1(C)C. The molecule has 6 heterocycles. The van der Waals surface area contributed by atoms with E-state index in [0.29, 0.717) is 0 Å². The summed E-state index contributed by atoms with van der Waals surface area (Å²) in [5.74, 6) is 0. The van der Waals surface area contributed by atoms with E-state index in [1.165, 1.54) is 14.6 Å². The van der Waals surface area contributed by atoms with E-state index in [1.807, 2.05) is 0 Å². The van der Waals surface area contributed by atoms with E-state index in [1.54, 1.807) is 34.0 Å². The van der Waals surface area contributed by atoms with Crippen LogP contribution < -0.4 is 19.2 Å². The number of anilines is 3. The number of nitrogens with zero attached hydrogens (tertiary/aromatic N) is 1. The minimum Gasteiger partial charge on any atom is -0.399 e. The molecule has 7 nitrogen and oxygen atoms in total. The maximum atomic E-state index is 6.36. The van der Waals surface area contributed by atoms with Crippen LogP contribution in [-0.2, 0) is 27.9 Å². The molecule has 6 aromatic rings. The van der Waals surface area contributed by atoms with E-state index in [-0.39, 0.29) is 55.0 Å². The van der Waals surface area contributed by atoms with Gasteiger partial charge in [0.1, 0.15) is 0 Å². The zero-order chi connectivity index (χ0) is 43.3. The topological polar surface area (TPSA) is 58.6 Å². The first-order chi connectivity index (χ1) is 28.6. The molecule has 9 rings (SSSR count). The van der Waals surface area contributed by atoms with Gasteiger partial charge in [0.2, 0.25) is 0 Å². The summed E-state index contributed by atoms with van der Waals surface area (Å²) in [5, 5.41) is 0. The molecule has 0 amide bonds. The molecular formula is C48H54B3NO6S3. The van der Waals surface area contributed by atoms with Gasteiger partial charge in [0.15, 0.2) is 0 Å². The Labute approximate surface area is 374 Å². The summed E-state index contributed by atoms with van der Waals surface area (Å²) in [6.45, 7) is 25.1. The quantitative estimate of drug-likeness (QED) is 0.134. The lowest BCUT2D eigenvalue weighted by Crippen LogP contribution is -2.41. The van der Waals surface area contributed by atoms with Gasteiger partial charge in [-0.1, -0.05) is 54.6 Å². The van der Waals surface area contributed by atoms with Crippen molar-refractivity contribution in [2.45, 2.75) is 117 Å². The summed E-state index contributed by atoms with van der Waals surface area (Å²) in [7, 11) is -1.13. The van der Waals surface area contributed by atoms with Gasteiger partial charge in [-0.3, -0.25) is 0 Å². The van der Waals surface area contributed by atoms with Crippen molar-refractivity contribution in [1.82, 2.24) is 0 Å². The highest BCUT2D eigenvalue weighted by atomic mass is 32.1. The maximum absolute atomic E-state index is 6.36. The van der Waals surface area contributed by atoms with Crippen LogP contribution in [0.3, 0.4) is 0 Å². The molecule has 0 bridgehead atoms. The zero-order valence-electron chi connectivity index (χ0n) is 37.2. The second-order valence-electron chi connectivity index (χ2n) is 19.3. The molecule has 13 heteroatoms. The Bertz CT molecular complexity index is 2210. The van der Waals surface area contributed by atoms with Crippen LogP contribution in [0.4, 0.5) is 17.1 Å². The minimum atomic E-state index is -0.384. The van der Waals surface area contributed by atoms with Gasteiger partial charge >= 0.3 is 21.4 Å². The Hall–Kier alpha value is -3.49. The number of hydrogen-bond donors (Lipinski definition) is 0. The molecule has 0 saturated carbocycles. The van der Waals surface area contributed by atoms with Gasteiger partial charge in [-0.2, -0.15) is 0 Å². The Kier molecular flexibility index (Phi) is 10.6. The first kappa shape index (κ1) is 42.8. The maximum Gasteiger partial charge on any atom is 0.505 e. The third kappa shape index (κ3) is 7.82. The Morgan fingerprint density at radius 3 is 0.738 bits per heavy atom. The van der Waals surface area contributed by atoms with Crippen molar-refractivity contribution in [2.75, 3.05) is 4.90 Å². The van der Waals surface area contributed by atoms with Crippen LogP contribution in [0.15, 0.2) is 109 Å². The molecule has 0 radical (unpaired) electrons. The monoisotopic (exact) mass is 869 g/mol. The van der Waals surface area contributed by atoms with Crippen LogP contribution in [0.25, 0.3) is 31.3 Å². The number of rotatable bonds is 9. The van der Waals surface area contributed by atoms with Crippen molar-refractivity contribution in [1.29, 1.82) is 0 Å². The lowest BCUT2D eigenvalue weighted by atomic mass is 9.88. The molecule has 314 valence electrons. The molecular weight excluding hydrogens is 815 g/mol. The summed E-state index contributed by atoms with van der Waals surface area (Å²) < 4.78 is 41.4. The number of benzene rings is 3. The van der Waals surface area contributed by atoms with Crippen molar-refractivity contribution in [3.63, 3.8) is 0 Å². The molecule has 0 aliphatic carbocycles. The number of hydrogen-bond acceptors (Lipinski definition) is 10. The van der Waals surface area contributed by atoms with E-state index >= 15 is 0 Å². The van der Waals surface area contributed by atoms with Crippen LogP contribution in [0.5, 0.6) is 0 Å². The van der Waals surface area contributed by atoms with E-state index in [9.17, 15) is 0 Å². The molecule has 61 heavy (non-hydrogen) atoms. The Morgan fingerprint density at radius 1 is 0.311 bits per heavy atom. The third-order valence-corrected chi connectivity index (χ3v) is 17.0. The van der Waals surface area contributed by atoms with Crippen molar-refractivity contribution in [3.05, 3.63) is 109 Å². The van der Waals surface area contributed by atoms with Gasteiger partial charge in [-0.25, -0.2) is 0 Å². The fourth-order valence-corrected chi connectivity index (χ4v) is 10.5. The zero-order valence-corrected chi connectivity index (χ0v) is 39.7. The van der Waals surface area contributed by atoms with Crippen molar-refractivity contribution in [3.8, 4) is 31.3 Å². The van der Waals surface area contributed by atoms with Crippen molar-refractivity contribution >= 4 is 86.8 Å². The van der Waals surface area contributed by atoms with Crippen molar-refractivity contribution in [2.24, 2.45) is 0 Å². The van der Waals surface area contributed by atoms with Crippen LogP contribution in [0.2, 0.25) is 0 Å².